The number of carbonyl (C=O) groups excluding carboxylic acids is 1. The highest BCUT2D eigenvalue weighted by Crippen LogP contribution is 2.16. The summed E-state index contributed by atoms with van der Waals surface area (Å²) in [4.78, 5) is 16.3. The maximum Gasteiger partial charge on any atom is 0.238 e. The molecule has 0 saturated carbocycles. The van der Waals surface area contributed by atoms with Crippen LogP contribution in [0.15, 0.2) is 0 Å². The number of carbonyl (C=O) groups is 1. The number of likely N-dealkylation sites (N-methyl/N-ethyl adjacent to an activating group) is 2. The average Bonchev–Trinajstić information content (AvgIpc) is 2.72. The highest BCUT2D eigenvalue weighted by atomic mass is 16.1. The van der Waals surface area contributed by atoms with Gasteiger partial charge in [0.15, 0.2) is 0 Å². The molecule has 2 unspecified atom stereocenters. The second-order valence-electron chi connectivity index (χ2n) is 6.10. The van der Waals surface area contributed by atoms with Crippen molar-refractivity contribution in [1.82, 2.24) is 15.1 Å². The Morgan fingerprint density at radius 1 is 1.58 bits per heavy atom. The van der Waals surface area contributed by atoms with E-state index in [9.17, 15) is 4.79 Å². The molecule has 112 valence electrons. The van der Waals surface area contributed by atoms with E-state index in [-0.39, 0.29) is 5.91 Å². The van der Waals surface area contributed by atoms with Crippen molar-refractivity contribution in [1.29, 1.82) is 0 Å². The maximum atomic E-state index is 11.7. The summed E-state index contributed by atoms with van der Waals surface area (Å²) in [5, 5.41) is 3.28. The summed E-state index contributed by atoms with van der Waals surface area (Å²) in [6, 6.07) is 0.605. The summed E-state index contributed by atoms with van der Waals surface area (Å²) in [6.07, 6.45) is 3.52. The Balaban J connectivity index is 2.51. The van der Waals surface area contributed by atoms with Crippen molar-refractivity contribution in [2.24, 2.45) is 5.73 Å². The lowest BCUT2D eigenvalue weighted by atomic mass is 10.00. The lowest BCUT2D eigenvalue weighted by Crippen LogP contribution is -2.60. The van der Waals surface area contributed by atoms with E-state index in [1.807, 2.05) is 6.92 Å². The zero-order valence-corrected chi connectivity index (χ0v) is 12.9. The summed E-state index contributed by atoms with van der Waals surface area (Å²) in [6.45, 7) is 7.64. The van der Waals surface area contributed by atoms with Gasteiger partial charge in [-0.15, -0.1) is 0 Å². The molecular weight excluding hydrogens is 240 g/mol. The first kappa shape index (κ1) is 16.4. The molecule has 0 radical (unpaired) electrons. The third-order valence-corrected chi connectivity index (χ3v) is 4.09. The van der Waals surface area contributed by atoms with Crippen molar-refractivity contribution in [3.63, 3.8) is 0 Å². The number of hydrogen-bond acceptors (Lipinski definition) is 4. The second kappa shape index (κ2) is 7.22. The lowest BCUT2D eigenvalue weighted by molar-refractivity contribution is -0.124. The van der Waals surface area contributed by atoms with Gasteiger partial charge in [0.2, 0.25) is 5.91 Å². The zero-order valence-electron chi connectivity index (χ0n) is 12.9. The molecule has 0 spiro atoms. The van der Waals surface area contributed by atoms with Gasteiger partial charge in [-0.1, -0.05) is 6.92 Å². The maximum absolute atomic E-state index is 11.7. The van der Waals surface area contributed by atoms with Crippen molar-refractivity contribution >= 4 is 5.91 Å². The van der Waals surface area contributed by atoms with Crippen LogP contribution in [0.3, 0.4) is 0 Å². The fourth-order valence-corrected chi connectivity index (χ4v) is 2.80. The standard InChI is InChI=1S/C14H30N4O/c1-5-8-16-14(2,13(15)19)11-17(3)10-12-7-6-9-18(12)4/h12,16H,5-11H2,1-4H3,(H2,15,19). The van der Waals surface area contributed by atoms with Gasteiger partial charge in [0.1, 0.15) is 5.54 Å². The first-order valence-corrected chi connectivity index (χ1v) is 7.32. The SMILES string of the molecule is CCCNC(C)(CN(C)CC1CCCN1C)C(N)=O. The molecule has 1 aliphatic rings. The smallest absolute Gasteiger partial charge is 0.238 e. The largest absolute Gasteiger partial charge is 0.368 e. The van der Waals surface area contributed by atoms with E-state index in [2.05, 4.69) is 36.1 Å². The van der Waals surface area contributed by atoms with Crippen molar-refractivity contribution in [2.45, 2.75) is 44.7 Å². The van der Waals surface area contributed by atoms with Crippen molar-refractivity contribution in [3.8, 4) is 0 Å². The highest BCUT2D eigenvalue weighted by molar-refractivity contribution is 5.84. The number of nitrogens with one attached hydrogen (secondary N) is 1. The van der Waals surface area contributed by atoms with Gasteiger partial charge in [-0.05, 0) is 53.4 Å². The molecule has 2 atom stereocenters. The van der Waals surface area contributed by atoms with Crippen molar-refractivity contribution in [3.05, 3.63) is 0 Å². The van der Waals surface area contributed by atoms with E-state index in [1.54, 1.807) is 0 Å². The number of amides is 1. The van der Waals surface area contributed by atoms with Crippen LogP contribution in [-0.4, -0.2) is 67.6 Å². The quantitative estimate of drug-likeness (QED) is 0.664. The van der Waals surface area contributed by atoms with Crippen molar-refractivity contribution in [2.75, 3.05) is 40.3 Å². The number of primary amides is 1. The van der Waals surface area contributed by atoms with Gasteiger partial charge >= 0.3 is 0 Å². The van der Waals surface area contributed by atoms with Gasteiger partial charge in [-0.3, -0.25) is 4.79 Å². The monoisotopic (exact) mass is 270 g/mol. The normalized spacial score (nSPS) is 23.7. The van der Waals surface area contributed by atoms with Crippen LogP contribution in [0.1, 0.15) is 33.1 Å². The average molecular weight is 270 g/mol. The molecule has 1 saturated heterocycles. The Bertz CT molecular complexity index is 297. The fourth-order valence-electron chi connectivity index (χ4n) is 2.80. The third kappa shape index (κ3) is 4.75. The van der Waals surface area contributed by atoms with Crippen LogP contribution in [-0.2, 0) is 4.79 Å². The molecule has 1 heterocycles. The molecule has 0 aliphatic carbocycles. The van der Waals surface area contributed by atoms with Crippen LogP contribution in [0.5, 0.6) is 0 Å². The Hall–Kier alpha value is -0.650. The molecule has 0 aromatic rings. The van der Waals surface area contributed by atoms with E-state index >= 15 is 0 Å². The van der Waals surface area contributed by atoms with Gasteiger partial charge in [0.05, 0.1) is 0 Å². The molecule has 1 amide bonds. The Morgan fingerprint density at radius 2 is 2.26 bits per heavy atom. The minimum absolute atomic E-state index is 0.271. The molecule has 0 aromatic carbocycles. The fraction of sp³-hybridized carbons (Fsp3) is 0.929. The lowest BCUT2D eigenvalue weighted by Gasteiger charge is -2.34. The van der Waals surface area contributed by atoms with E-state index in [0.717, 1.165) is 19.5 Å². The molecule has 1 aliphatic heterocycles. The molecule has 0 bridgehead atoms. The zero-order chi connectivity index (χ0) is 14.5. The highest BCUT2D eigenvalue weighted by Gasteiger charge is 2.32. The van der Waals surface area contributed by atoms with E-state index in [4.69, 9.17) is 5.73 Å². The van der Waals surface area contributed by atoms with Crippen LogP contribution >= 0.6 is 0 Å². The summed E-state index contributed by atoms with van der Waals surface area (Å²) in [5.41, 5.74) is 4.92. The molecule has 3 N–H and O–H groups in total. The van der Waals surface area contributed by atoms with Crippen LogP contribution in [0, 0.1) is 0 Å². The minimum Gasteiger partial charge on any atom is -0.368 e. The van der Waals surface area contributed by atoms with E-state index in [1.165, 1.54) is 19.4 Å². The van der Waals surface area contributed by atoms with Crippen LogP contribution in [0.2, 0.25) is 0 Å². The van der Waals surface area contributed by atoms with Crippen molar-refractivity contribution < 1.29 is 4.79 Å². The van der Waals surface area contributed by atoms with Gasteiger partial charge in [-0.2, -0.15) is 0 Å². The summed E-state index contributed by atoms with van der Waals surface area (Å²) in [7, 11) is 4.25. The van der Waals surface area contributed by atoms with Gasteiger partial charge in [0, 0.05) is 19.1 Å². The summed E-state index contributed by atoms with van der Waals surface area (Å²) < 4.78 is 0. The Morgan fingerprint density at radius 3 is 2.74 bits per heavy atom. The summed E-state index contributed by atoms with van der Waals surface area (Å²) in [5.74, 6) is -0.271. The molecule has 0 aromatic heterocycles. The molecule has 5 heteroatoms. The Kier molecular flexibility index (Phi) is 6.23. The first-order valence-electron chi connectivity index (χ1n) is 7.32. The third-order valence-electron chi connectivity index (χ3n) is 4.09. The van der Waals surface area contributed by atoms with Gasteiger partial charge in [0.25, 0.3) is 0 Å². The molecular formula is C14H30N4O. The Labute approximate surface area is 117 Å². The van der Waals surface area contributed by atoms with E-state index in [0.29, 0.717) is 12.6 Å². The molecule has 5 nitrogen and oxygen atoms in total. The van der Waals surface area contributed by atoms with E-state index < -0.39 is 5.54 Å². The van der Waals surface area contributed by atoms with Crippen LogP contribution in [0.4, 0.5) is 0 Å². The second-order valence-corrected chi connectivity index (χ2v) is 6.10. The topological polar surface area (TPSA) is 61.6 Å². The predicted octanol–water partition coefficient (Wildman–Crippen LogP) is 0.256. The van der Waals surface area contributed by atoms with Gasteiger partial charge in [-0.25, -0.2) is 0 Å². The number of nitrogens with zero attached hydrogens (tertiary/aromatic N) is 2. The molecule has 1 fully saturated rings. The van der Waals surface area contributed by atoms with Crippen LogP contribution < -0.4 is 11.1 Å². The minimum atomic E-state index is -0.637. The first-order chi connectivity index (χ1) is 8.89. The number of rotatable bonds is 8. The van der Waals surface area contributed by atoms with Gasteiger partial charge < -0.3 is 20.9 Å². The number of hydrogen-bond donors (Lipinski definition) is 2. The number of likely N-dealkylation sites (tertiary alicyclic amines) is 1. The molecule has 19 heavy (non-hydrogen) atoms. The summed E-state index contributed by atoms with van der Waals surface area (Å²) >= 11 is 0. The predicted molar refractivity (Wildman–Crippen MR) is 79.0 cm³/mol. The number of nitrogens with two attached hydrogens (primary N) is 1. The van der Waals surface area contributed by atoms with Crippen LogP contribution in [0.25, 0.3) is 0 Å². The molecule has 1 rings (SSSR count).